The lowest BCUT2D eigenvalue weighted by Gasteiger charge is -2.32. The van der Waals surface area contributed by atoms with E-state index in [-0.39, 0.29) is 18.4 Å². The Morgan fingerprint density at radius 3 is 3.07 bits per heavy atom. The summed E-state index contributed by atoms with van der Waals surface area (Å²) < 4.78 is 4.87. The third kappa shape index (κ3) is 3.75. The van der Waals surface area contributed by atoms with E-state index in [2.05, 4.69) is 5.32 Å². The highest BCUT2D eigenvalue weighted by molar-refractivity contribution is 5.75. The Kier molecular flexibility index (Phi) is 4.36. The molecule has 86 valence electrons. The van der Waals surface area contributed by atoms with Gasteiger partial charge in [0.2, 0.25) is 0 Å². The lowest BCUT2D eigenvalue weighted by atomic mass is 10.0. The predicted molar refractivity (Wildman–Crippen MR) is 52.6 cm³/mol. The van der Waals surface area contributed by atoms with Crippen molar-refractivity contribution in [3.8, 4) is 0 Å². The average molecular weight is 216 g/mol. The number of ether oxygens (including phenoxy) is 1. The highest BCUT2D eigenvalue weighted by Crippen LogP contribution is 2.10. The van der Waals surface area contributed by atoms with Gasteiger partial charge >= 0.3 is 12.0 Å². The number of urea groups is 1. The third-order valence-corrected chi connectivity index (χ3v) is 2.34. The Balaban J connectivity index is 2.40. The van der Waals surface area contributed by atoms with E-state index in [1.54, 1.807) is 12.0 Å². The van der Waals surface area contributed by atoms with Crippen LogP contribution in [0.1, 0.15) is 6.42 Å². The molecule has 1 aliphatic heterocycles. The topological polar surface area (TPSA) is 78.9 Å². The molecule has 1 fully saturated rings. The van der Waals surface area contributed by atoms with Crippen LogP contribution in [0.25, 0.3) is 0 Å². The number of nitrogens with one attached hydrogen (secondary N) is 1. The minimum atomic E-state index is -0.831. The van der Waals surface area contributed by atoms with Gasteiger partial charge in [-0.2, -0.15) is 0 Å². The molecule has 0 bridgehead atoms. The molecule has 6 heteroatoms. The molecule has 6 nitrogen and oxygen atoms in total. The number of rotatable bonds is 5. The Labute approximate surface area is 88.2 Å². The van der Waals surface area contributed by atoms with Gasteiger partial charge in [-0.15, -0.1) is 0 Å². The molecule has 0 aliphatic carbocycles. The number of carbonyl (C=O) groups excluding carboxylic acids is 1. The molecule has 0 aromatic heterocycles. The van der Waals surface area contributed by atoms with E-state index < -0.39 is 5.97 Å². The van der Waals surface area contributed by atoms with Crippen molar-refractivity contribution in [2.75, 3.05) is 33.4 Å². The van der Waals surface area contributed by atoms with Gasteiger partial charge in [-0.1, -0.05) is 0 Å². The molecule has 0 spiro atoms. The van der Waals surface area contributed by atoms with Gasteiger partial charge in [-0.3, -0.25) is 4.79 Å². The molecular weight excluding hydrogens is 200 g/mol. The van der Waals surface area contributed by atoms with Gasteiger partial charge in [-0.05, 0) is 0 Å². The number of carboxylic acids is 1. The average Bonchev–Trinajstić information content (AvgIpc) is 2.18. The number of methoxy groups -OCH3 is 1. The van der Waals surface area contributed by atoms with E-state index in [1.165, 1.54) is 0 Å². The minimum absolute atomic E-state index is 0.0166. The first-order valence-electron chi connectivity index (χ1n) is 4.87. The monoisotopic (exact) mass is 216 g/mol. The number of hydrogen-bond donors (Lipinski definition) is 2. The van der Waals surface area contributed by atoms with E-state index in [9.17, 15) is 9.59 Å². The molecule has 0 aromatic rings. The molecule has 2 amide bonds. The van der Waals surface area contributed by atoms with Crippen molar-refractivity contribution in [2.24, 2.45) is 5.92 Å². The number of hydrogen-bond acceptors (Lipinski definition) is 3. The van der Waals surface area contributed by atoms with Gasteiger partial charge < -0.3 is 20.1 Å². The second kappa shape index (κ2) is 5.55. The van der Waals surface area contributed by atoms with Gasteiger partial charge in [0.05, 0.1) is 13.0 Å². The summed E-state index contributed by atoms with van der Waals surface area (Å²) >= 11 is 0. The molecule has 1 rings (SSSR count). The summed E-state index contributed by atoms with van der Waals surface area (Å²) in [5, 5.41) is 11.3. The highest BCUT2D eigenvalue weighted by Gasteiger charge is 2.26. The summed E-state index contributed by atoms with van der Waals surface area (Å²) in [6.45, 7) is 1.89. The number of carboxylic acid groups (broad SMARTS) is 1. The van der Waals surface area contributed by atoms with Crippen molar-refractivity contribution in [1.29, 1.82) is 0 Å². The quantitative estimate of drug-likeness (QED) is 0.664. The van der Waals surface area contributed by atoms with Gasteiger partial charge in [0.15, 0.2) is 0 Å². The number of aliphatic carboxylic acids is 1. The molecule has 0 radical (unpaired) electrons. The zero-order valence-corrected chi connectivity index (χ0v) is 8.73. The summed E-state index contributed by atoms with van der Waals surface area (Å²) in [7, 11) is 1.57. The van der Waals surface area contributed by atoms with Crippen LogP contribution in [-0.2, 0) is 9.53 Å². The Morgan fingerprint density at radius 2 is 2.47 bits per heavy atom. The number of nitrogens with zero attached hydrogens (tertiary/aromatic N) is 1. The summed E-state index contributed by atoms with van der Waals surface area (Å²) in [5.74, 6) is -0.847. The molecule has 15 heavy (non-hydrogen) atoms. The van der Waals surface area contributed by atoms with Crippen LogP contribution in [0.4, 0.5) is 4.79 Å². The molecule has 1 aliphatic rings. The largest absolute Gasteiger partial charge is 0.481 e. The predicted octanol–water partition coefficient (Wildman–Crippen LogP) is -0.251. The van der Waals surface area contributed by atoms with Crippen LogP contribution in [0, 0.1) is 5.92 Å². The maximum absolute atomic E-state index is 11.3. The van der Waals surface area contributed by atoms with Gasteiger partial charge in [0.25, 0.3) is 0 Å². The van der Waals surface area contributed by atoms with Crippen LogP contribution in [-0.4, -0.2) is 55.4 Å². The van der Waals surface area contributed by atoms with Gasteiger partial charge in [0, 0.05) is 32.7 Å². The van der Waals surface area contributed by atoms with E-state index in [4.69, 9.17) is 9.84 Å². The normalized spacial score (nSPS) is 21.3. The summed E-state index contributed by atoms with van der Waals surface area (Å²) in [5.41, 5.74) is 0. The standard InChI is InChI=1S/C9H16N2O4/c1-15-3-2-11-6-7(4-8(12)13)5-10-9(11)14/h7H,2-6H2,1H3,(H,10,14)(H,12,13). The van der Waals surface area contributed by atoms with E-state index >= 15 is 0 Å². The summed E-state index contributed by atoms with van der Waals surface area (Å²) in [6.07, 6.45) is 0.0871. The molecule has 1 heterocycles. The Morgan fingerprint density at radius 1 is 1.73 bits per heavy atom. The summed E-state index contributed by atoms with van der Waals surface area (Å²) in [6, 6.07) is -0.145. The van der Waals surface area contributed by atoms with Gasteiger partial charge in [-0.25, -0.2) is 4.79 Å². The van der Waals surface area contributed by atoms with Crippen molar-refractivity contribution in [1.82, 2.24) is 10.2 Å². The van der Waals surface area contributed by atoms with Crippen LogP contribution in [0.15, 0.2) is 0 Å². The van der Waals surface area contributed by atoms with Crippen molar-refractivity contribution >= 4 is 12.0 Å². The van der Waals surface area contributed by atoms with Crippen molar-refractivity contribution < 1.29 is 19.4 Å². The minimum Gasteiger partial charge on any atom is -0.481 e. The SMILES string of the molecule is COCCN1CC(CC(=O)O)CNC1=O. The Hall–Kier alpha value is -1.30. The van der Waals surface area contributed by atoms with Crippen LogP contribution in [0.2, 0.25) is 0 Å². The second-order valence-corrected chi connectivity index (χ2v) is 3.59. The lowest BCUT2D eigenvalue weighted by Crippen LogP contribution is -2.52. The first-order chi connectivity index (χ1) is 7.13. The first-order valence-corrected chi connectivity index (χ1v) is 4.87. The van der Waals surface area contributed by atoms with Crippen molar-refractivity contribution in [2.45, 2.75) is 6.42 Å². The number of carbonyl (C=O) groups is 2. The smallest absolute Gasteiger partial charge is 0.317 e. The summed E-state index contributed by atoms with van der Waals surface area (Å²) in [4.78, 5) is 23.4. The molecule has 1 atom stereocenters. The highest BCUT2D eigenvalue weighted by atomic mass is 16.5. The van der Waals surface area contributed by atoms with E-state index in [0.29, 0.717) is 26.2 Å². The van der Waals surface area contributed by atoms with Crippen molar-refractivity contribution in [3.05, 3.63) is 0 Å². The zero-order chi connectivity index (χ0) is 11.3. The number of amides is 2. The second-order valence-electron chi connectivity index (χ2n) is 3.59. The van der Waals surface area contributed by atoms with Crippen LogP contribution >= 0.6 is 0 Å². The third-order valence-electron chi connectivity index (χ3n) is 2.34. The molecule has 1 saturated heterocycles. The van der Waals surface area contributed by atoms with Gasteiger partial charge in [0.1, 0.15) is 0 Å². The maximum atomic E-state index is 11.3. The molecule has 0 aromatic carbocycles. The van der Waals surface area contributed by atoms with E-state index in [0.717, 1.165) is 0 Å². The molecular formula is C9H16N2O4. The van der Waals surface area contributed by atoms with Crippen LogP contribution < -0.4 is 5.32 Å². The zero-order valence-electron chi connectivity index (χ0n) is 8.73. The maximum Gasteiger partial charge on any atom is 0.317 e. The molecule has 1 unspecified atom stereocenters. The fraction of sp³-hybridized carbons (Fsp3) is 0.778. The fourth-order valence-corrected chi connectivity index (χ4v) is 1.58. The Bertz CT molecular complexity index is 244. The van der Waals surface area contributed by atoms with Crippen molar-refractivity contribution in [3.63, 3.8) is 0 Å². The first kappa shape index (κ1) is 11.8. The van der Waals surface area contributed by atoms with Crippen LogP contribution in [0.3, 0.4) is 0 Å². The lowest BCUT2D eigenvalue weighted by molar-refractivity contribution is -0.138. The van der Waals surface area contributed by atoms with E-state index in [1.807, 2.05) is 0 Å². The van der Waals surface area contributed by atoms with Crippen LogP contribution in [0.5, 0.6) is 0 Å². The molecule has 2 N–H and O–H groups in total. The molecule has 0 saturated carbocycles. The fourth-order valence-electron chi connectivity index (χ4n) is 1.58.